The summed E-state index contributed by atoms with van der Waals surface area (Å²) in [7, 11) is 4.89. The number of rotatable bonds is 24. The third-order valence-electron chi connectivity index (χ3n) is 11.0. The van der Waals surface area contributed by atoms with Gasteiger partial charge in [0.25, 0.3) is 0 Å². The maximum atomic E-state index is 10.8. The van der Waals surface area contributed by atoms with Gasteiger partial charge in [-0.1, -0.05) is 104 Å². The van der Waals surface area contributed by atoms with Gasteiger partial charge in [0.1, 0.15) is 33.4 Å². The molecule has 0 bridgehead atoms. The quantitative estimate of drug-likeness (QED) is 0.0241. The fourth-order valence-corrected chi connectivity index (χ4v) is 7.84. The molecule has 0 fully saturated rings. The minimum atomic E-state index is -0.906. The molecule has 18 nitrogen and oxygen atoms in total. The molecule has 0 amide bonds. The summed E-state index contributed by atoms with van der Waals surface area (Å²) >= 11 is 12.4. The average molecular weight is 1090 g/mol. The van der Waals surface area contributed by atoms with Crippen LogP contribution in [0.2, 0.25) is 10.3 Å². The summed E-state index contributed by atoms with van der Waals surface area (Å²) in [6, 6.07) is 23.2. The monoisotopic (exact) mass is 1080 g/mol. The molecule has 0 unspecified atom stereocenters. The molecule has 75 heavy (non-hydrogen) atoms. The first kappa shape index (κ1) is 67.6. The number of aliphatic carboxylic acids is 1. The summed E-state index contributed by atoms with van der Waals surface area (Å²) in [6.07, 6.45) is 8.91. The van der Waals surface area contributed by atoms with Gasteiger partial charge in [-0.3, -0.25) is 4.79 Å². The van der Waals surface area contributed by atoms with E-state index in [1.165, 1.54) is 12.8 Å². The zero-order valence-corrected chi connectivity index (χ0v) is 45.2. The summed E-state index contributed by atoms with van der Waals surface area (Å²) in [5.74, 6) is 2.67. The molecule has 3 aromatic heterocycles. The molecule has 22 heteroatoms. The number of hydrogen-bond donors (Lipinski definition) is 8. The second-order valence-corrected chi connectivity index (χ2v) is 17.1. The number of aryl methyl sites for hydroxylation is 3. The van der Waals surface area contributed by atoms with Crippen LogP contribution in [0.5, 0.6) is 17.2 Å². The minimum Gasteiger partial charge on any atom is -1.00 e. The molecule has 0 atom stereocenters. The van der Waals surface area contributed by atoms with Crippen molar-refractivity contribution in [3.05, 3.63) is 134 Å². The van der Waals surface area contributed by atoms with Gasteiger partial charge in [-0.25, -0.2) is 24.9 Å². The number of halogens is 2. The first-order valence-electron chi connectivity index (χ1n) is 24.3. The number of benzene rings is 3. The van der Waals surface area contributed by atoms with Gasteiger partial charge in [0.05, 0.1) is 44.8 Å². The van der Waals surface area contributed by atoms with Crippen molar-refractivity contribution in [3.63, 3.8) is 0 Å². The molecule has 6 rings (SSSR count). The number of ether oxygens (including phenoxy) is 3. The number of unbranched alkanes of at least 4 members (excludes halogenated alkanes) is 2. The molecule has 3 heterocycles. The van der Waals surface area contributed by atoms with Crippen molar-refractivity contribution >= 4 is 70.2 Å². The maximum Gasteiger partial charge on any atom is 1.00 e. The van der Waals surface area contributed by atoms with Crippen LogP contribution in [0, 0.1) is 0 Å². The van der Waals surface area contributed by atoms with Crippen LogP contribution in [-0.4, -0.2) is 116 Å². The van der Waals surface area contributed by atoms with E-state index in [0.29, 0.717) is 61.4 Å². The van der Waals surface area contributed by atoms with Crippen molar-refractivity contribution in [2.24, 2.45) is 5.73 Å². The van der Waals surface area contributed by atoms with E-state index in [1.54, 1.807) is 21.3 Å². The number of carboxylic acid groups (broad SMARTS) is 1. The smallest absolute Gasteiger partial charge is 1.00 e. The molecule has 0 saturated carbocycles. The Labute approximate surface area is 476 Å². The van der Waals surface area contributed by atoms with Crippen LogP contribution in [0.3, 0.4) is 0 Å². The number of nitrogens with one attached hydrogen (secondary N) is 1. The predicted molar refractivity (Wildman–Crippen MR) is 302 cm³/mol. The van der Waals surface area contributed by atoms with Crippen molar-refractivity contribution in [2.45, 2.75) is 97.3 Å². The molecule has 404 valence electrons. The van der Waals surface area contributed by atoms with E-state index in [1.807, 2.05) is 72.8 Å². The fraction of sp³-hybridized carbons (Fsp3) is 0.415. The Bertz CT molecular complexity index is 2620. The maximum absolute atomic E-state index is 10.8. The number of aromatic nitrogens is 6. The van der Waals surface area contributed by atoms with E-state index in [9.17, 15) is 9.90 Å². The predicted octanol–water partition coefficient (Wildman–Crippen LogP) is 4.04. The van der Waals surface area contributed by atoms with Crippen LogP contribution in [0.25, 0.3) is 0 Å². The number of hydrogen-bond acceptors (Lipinski definition) is 17. The Balaban J connectivity index is 0.00000104. The van der Waals surface area contributed by atoms with Crippen LogP contribution in [0.15, 0.2) is 72.8 Å². The minimum absolute atomic E-state index is 0. The summed E-state index contributed by atoms with van der Waals surface area (Å²) < 4.78 is 16.1. The normalized spacial score (nSPS) is 10.2. The van der Waals surface area contributed by atoms with Gasteiger partial charge < -0.3 is 59.2 Å². The number of methoxy groups -OCH3 is 3. The van der Waals surface area contributed by atoms with Gasteiger partial charge in [0.15, 0.2) is 17.4 Å². The average Bonchev–Trinajstić information content (AvgIpc) is 3.38. The Morgan fingerprint density at radius 2 is 0.960 bits per heavy atom. The zero-order chi connectivity index (χ0) is 53.5. The topological polar surface area (TPSA) is 299 Å². The van der Waals surface area contributed by atoms with E-state index >= 15 is 0 Å². The van der Waals surface area contributed by atoms with E-state index in [4.69, 9.17) is 70.6 Å². The number of carbonyl (C=O) groups is 1. The van der Waals surface area contributed by atoms with E-state index < -0.39 is 5.97 Å². The van der Waals surface area contributed by atoms with E-state index in [-0.39, 0.29) is 86.7 Å². The SMILES string of the molecule is CCCCN.CCCCNc1nc(N)nc(CCCO)c1Cc1ccccc1OC.COc1ccccc1Cc1c(Cl)nc(N)nc1CCC(=O)O.COc1ccccc1Cc1c(Cl)nc(N)nc1CCCO.[AlH3].[H-].[Li+]. The molecule has 0 aliphatic carbocycles. The Morgan fingerprint density at radius 3 is 1.32 bits per heavy atom. The number of para-hydroxylation sites is 3. The fourth-order valence-electron chi connectivity index (χ4n) is 7.31. The number of aliphatic hydroxyl groups is 2. The third-order valence-corrected chi connectivity index (χ3v) is 11.6. The molecule has 0 saturated heterocycles. The third kappa shape index (κ3) is 23.6. The van der Waals surface area contributed by atoms with Crippen molar-refractivity contribution < 1.29 is 54.6 Å². The van der Waals surface area contributed by atoms with Crippen molar-refractivity contribution in [1.82, 2.24) is 29.9 Å². The van der Waals surface area contributed by atoms with Crippen molar-refractivity contribution in [1.29, 1.82) is 0 Å². The number of nitrogen functional groups attached to an aromatic ring is 3. The van der Waals surface area contributed by atoms with E-state index in [0.717, 1.165) is 88.2 Å². The van der Waals surface area contributed by atoms with Gasteiger partial charge in [0, 0.05) is 62.1 Å². The second-order valence-electron chi connectivity index (χ2n) is 16.4. The van der Waals surface area contributed by atoms with Gasteiger partial charge >= 0.3 is 24.8 Å². The molecule has 0 radical (unpaired) electrons. The van der Waals surface area contributed by atoms with Crippen molar-refractivity contribution in [2.75, 3.05) is 70.2 Å². The van der Waals surface area contributed by atoms with Crippen LogP contribution in [0.1, 0.15) is 111 Å². The number of anilines is 4. The number of nitrogens with zero attached hydrogens (tertiary/aromatic N) is 6. The Kier molecular flexibility index (Phi) is 34.4. The first-order valence-corrected chi connectivity index (χ1v) is 25.0. The first-order chi connectivity index (χ1) is 35.3. The summed E-state index contributed by atoms with van der Waals surface area (Å²) in [5, 5.41) is 31.0. The van der Waals surface area contributed by atoms with Crippen LogP contribution in [0.4, 0.5) is 23.7 Å². The molecule has 0 aliphatic heterocycles. The Hall–Kier alpha value is -5.44. The van der Waals surface area contributed by atoms with Gasteiger partial charge in [-0.05, 0) is 80.0 Å². The van der Waals surface area contributed by atoms with Crippen LogP contribution < -0.4 is 61.3 Å². The van der Waals surface area contributed by atoms with Gasteiger partial charge in [-0.15, -0.1) is 0 Å². The number of nitrogens with two attached hydrogens (primary N) is 4. The molecule has 0 aliphatic rings. The van der Waals surface area contributed by atoms with Gasteiger partial charge in [0.2, 0.25) is 17.8 Å². The standard InChI is InChI=1S/C19H28N4O2.C15H16ClN3O3.C15H18ClN3O2.C4H11N.Al.Li.4H/c1-3-4-11-21-18-15(13-14-8-5-6-10-17(14)25-2)16(9-7-12-24)22-19(20)23-18;1-22-12-5-3-2-4-9(12)8-10-11(6-7-13(20)21)18-15(17)19-14(10)16;1-21-13-7-3-2-5-10(13)9-11-12(6-4-8-20)18-15(17)19-14(11)16;1-2-3-4-5;;;;;;/h5-6,8,10,24H,3-4,7,9,11-13H2,1-2H3,(H3,20,21,22,23);2-5H,6-8H2,1H3,(H,20,21)(H2,17,18,19);2-3,5,7,20H,4,6,8-9H2,1H3,(H2,17,18,19);2-5H2,1H3;;;;;;/q;;;;;+1;;;;-1. The summed E-state index contributed by atoms with van der Waals surface area (Å²) in [6.45, 7) is 6.18. The molecule has 0 spiro atoms. The molecule has 3 aromatic carbocycles. The van der Waals surface area contributed by atoms with E-state index in [2.05, 4.69) is 49.1 Å². The number of carboxylic acids is 1. The molecular weight excluding hydrogens is 1010 g/mol. The Morgan fingerprint density at radius 1 is 0.587 bits per heavy atom. The molecular formula is C53H77AlCl2LiN11O7. The second kappa shape index (κ2) is 38.2. The summed E-state index contributed by atoms with van der Waals surface area (Å²) in [5.41, 5.74) is 30.0. The summed E-state index contributed by atoms with van der Waals surface area (Å²) in [4.78, 5) is 36.0. The van der Waals surface area contributed by atoms with Gasteiger partial charge in [-0.2, -0.15) is 4.98 Å². The molecule has 12 N–H and O–H groups in total. The molecule has 6 aromatic rings. The van der Waals surface area contributed by atoms with Crippen LogP contribution >= 0.6 is 23.2 Å². The van der Waals surface area contributed by atoms with Crippen molar-refractivity contribution in [3.8, 4) is 17.2 Å². The zero-order valence-electron chi connectivity index (χ0n) is 44.7. The largest absolute Gasteiger partial charge is 1.00 e. The van der Waals surface area contributed by atoms with Crippen LogP contribution in [-0.2, 0) is 43.3 Å². The number of aliphatic hydroxyl groups excluding tert-OH is 2.